The Morgan fingerprint density at radius 2 is 2.06 bits per heavy atom. The lowest BCUT2D eigenvalue weighted by atomic mass is 10.1. The number of hydrogen-bond acceptors (Lipinski definition) is 2. The molecule has 0 spiro atoms. The van der Waals surface area contributed by atoms with E-state index in [1.807, 2.05) is 6.92 Å². The molecule has 0 aliphatic rings. The van der Waals surface area contributed by atoms with Gasteiger partial charge in [0.1, 0.15) is 0 Å². The summed E-state index contributed by atoms with van der Waals surface area (Å²) in [5, 5.41) is 11.5. The highest BCUT2D eigenvalue weighted by Crippen LogP contribution is 2.36. The van der Waals surface area contributed by atoms with E-state index < -0.39 is 11.7 Å². The molecular formula is C12H15BrF3NO. The van der Waals surface area contributed by atoms with E-state index in [9.17, 15) is 13.2 Å². The van der Waals surface area contributed by atoms with Crippen LogP contribution in [0.3, 0.4) is 0 Å². The van der Waals surface area contributed by atoms with Crippen molar-refractivity contribution in [3.63, 3.8) is 0 Å². The van der Waals surface area contributed by atoms with Gasteiger partial charge in [-0.15, -0.1) is 0 Å². The highest BCUT2D eigenvalue weighted by molar-refractivity contribution is 9.10. The Labute approximate surface area is 112 Å². The molecule has 1 rings (SSSR count). The van der Waals surface area contributed by atoms with E-state index >= 15 is 0 Å². The van der Waals surface area contributed by atoms with Crippen molar-refractivity contribution < 1.29 is 18.3 Å². The third-order valence-corrected chi connectivity index (χ3v) is 3.04. The molecule has 6 heteroatoms. The Balaban J connectivity index is 2.82. The minimum absolute atomic E-state index is 0.0370. The molecule has 18 heavy (non-hydrogen) atoms. The summed E-state index contributed by atoms with van der Waals surface area (Å²) in [6.07, 6.45) is -3.82. The fraction of sp³-hybridized carbons (Fsp3) is 0.500. The Kier molecular flexibility index (Phi) is 5.47. The number of hydrogen-bond donors (Lipinski definition) is 2. The minimum atomic E-state index is -4.38. The molecule has 0 aliphatic heterocycles. The van der Waals surface area contributed by atoms with E-state index in [4.69, 9.17) is 5.11 Å². The van der Waals surface area contributed by atoms with Gasteiger partial charge in [-0.05, 0) is 30.5 Å². The summed E-state index contributed by atoms with van der Waals surface area (Å²) in [7, 11) is 0. The van der Waals surface area contributed by atoms with Crippen LogP contribution in [-0.4, -0.2) is 18.3 Å². The summed E-state index contributed by atoms with van der Waals surface area (Å²) >= 11 is 3.03. The topological polar surface area (TPSA) is 32.3 Å². The van der Waals surface area contributed by atoms with Crippen molar-refractivity contribution >= 4 is 21.6 Å². The number of benzene rings is 1. The molecule has 0 heterocycles. The van der Waals surface area contributed by atoms with Crippen LogP contribution in [0.2, 0.25) is 0 Å². The maximum atomic E-state index is 12.8. The van der Waals surface area contributed by atoms with Crippen LogP contribution >= 0.6 is 15.9 Å². The van der Waals surface area contributed by atoms with Gasteiger partial charge in [0.25, 0.3) is 0 Å². The van der Waals surface area contributed by atoms with Gasteiger partial charge in [-0.25, -0.2) is 0 Å². The summed E-state index contributed by atoms with van der Waals surface area (Å²) < 4.78 is 38.8. The van der Waals surface area contributed by atoms with Crippen molar-refractivity contribution in [3.8, 4) is 0 Å². The molecule has 2 nitrogen and oxygen atoms in total. The fourth-order valence-electron chi connectivity index (χ4n) is 1.51. The fourth-order valence-corrected chi connectivity index (χ4v) is 1.87. The van der Waals surface area contributed by atoms with Crippen LogP contribution in [0.15, 0.2) is 22.7 Å². The van der Waals surface area contributed by atoms with E-state index in [2.05, 4.69) is 21.2 Å². The Morgan fingerprint density at radius 1 is 1.39 bits per heavy atom. The van der Waals surface area contributed by atoms with E-state index in [1.165, 1.54) is 6.07 Å². The van der Waals surface area contributed by atoms with Crippen molar-refractivity contribution in [1.29, 1.82) is 0 Å². The molecule has 0 aromatic heterocycles. The third kappa shape index (κ3) is 4.49. The first kappa shape index (κ1) is 15.3. The van der Waals surface area contributed by atoms with Gasteiger partial charge in [-0.1, -0.05) is 22.9 Å². The third-order valence-electron chi connectivity index (χ3n) is 2.55. The second-order valence-electron chi connectivity index (χ2n) is 4.19. The molecule has 1 aromatic carbocycles. The minimum Gasteiger partial charge on any atom is -0.396 e. The molecule has 0 radical (unpaired) electrons. The van der Waals surface area contributed by atoms with E-state index in [-0.39, 0.29) is 18.2 Å². The molecule has 1 aromatic rings. The number of aliphatic hydroxyl groups excluding tert-OH is 1. The second kappa shape index (κ2) is 6.43. The number of halogens is 4. The average Bonchev–Trinajstić information content (AvgIpc) is 2.26. The van der Waals surface area contributed by atoms with Crippen molar-refractivity contribution in [1.82, 2.24) is 0 Å². The molecule has 102 valence electrons. The van der Waals surface area contributed by atoms with Crippen molar-refractivity contribution in [2.75, 3.05) is 18.5 Å². The maximum Gasteiger partial charge on any atom is 0.418 e. The molecule has 0 saturated carbocycles. The number of alkyl halides is 3. The smallest absolute Gasteiger partial charge is 0.396 e. The van der Waals surface area contributed by atoms with Gasteiger partial charge in [0.2, 0.25) is 0 Å². The van der Waals surface area contributed by atoms with Crippen LogP contribution in [-0.2, 0) is 6.18 Å². The Bertz CT molecular complexity index is 395. The van der Waals surface area contributed by atoms with Gasteiger partial charge < -0.3 is 10.4 Å². The first-order valence-corrected chi connectivity index (χ1v) is 6.35. The highest BCUT2D eigenvalue weighted by atomic mass is 79.9. The van der Waals surface area contributed by atoms with Crippen LogP contribution < -0.4 is 5.32 Å². The molecule has 1 unspecified atom stereocenters. The van der Waals surface area contributed by atoms with Gasteiger partial charge in [0.05, 0.1) is 5.56 Å². The Morgan fingerprint density at radius 3 is 2.61 bits per heavy atom. The van der Waals surface area contributed by atoms with E-state index in [0.29, 0.717) is 17.4 Å². The first-order valence-electron chi connectivity index (χ1n) is 5.56. The molecule has 1 atom stereocenters. The summed E-state index contributed by atoms with van der Waals surface area (Å²) in [5.41, 5.74) is -0.622. The molecule has 0 fully saturated rings. The number of aliphatic hydroxyl groups is 1. The molecule has 0 saturated heterocycles. The first-order chi connectivity index (χ1) is 8.34. The van der Waals surface area contributed by atoms with E-state index in [0.717, 1.165) is 6.07 Å². The summed E-state index contributed by atoms with van der Waals surface area (Å²) in [4.78, 5) is 0. The summed E-state index contributed by atoms with van der Waals surface area (Å²) in [6.45, 7) is 2.30. The summed E-state index contributed by atoms with van der Waals surface area (Å²) in [5.74, 6) is 0.111. The van der Waals surface area contributed by atoms with Crippen LogP contribution in [0, 0.1) is 5.92 Å². The highest BCUT2D eigenvalue weighted by Gasteiger charge is 2.33. The van der Waals surface area contributed by atoms with Crippen LogP contribution in [0.25, 0.3) is 0 Å². The number of nitrogens with one attached hydrogen (secondary N) is 1. The lowest BCUT2D eigenvalue weighted by molar-refractivity contribution is -0.137. The van der Waals surface area contributed by atoms with Crippen LogP contribution in [0.1, 0.15) is 18.9 Å². The van der Waals surface area contributed by atoms with E-state index in [1.54, 1.807) is 6.07 Å². The monoisotopic (exact) mass is 325 g/mol. The largest absolute Gasteiger partial charge is 0.418 e. The SMILES string of the molecule is CC(CCO)CNc1ccc(Br)cc1C(F)(F)F. The second-order valence-corrected chi connectivity index (χ2v) is 5.10. The lowest BCUT2D eigenvalue weighted by Gasteiger charge is -2.17. The average molecular weight is 326 g/mol. The van der Waals surface area contributed by atoms with Crippen LogP contribution in [0.4, 0.5) is 18.9 Å². The zero-order chi connectivity index (χ0) is 13.8. The zero-order valence-electron chi connectivity index (χ0n) is 9.89. The quantitative estimate of drug-likeness (QED) is 0.860. The van der Waals surface area contributed by atoms with Crippen molar-refractivity contribution in [2.24, 2.45) is 5.92 Å². The van der Waals surface area contributed by atoms with Crippen molar-refractivity contribution in [3.05, 3.63) is 28.2 Å². The number of rotatable bonds is 5. The standard InChI is InChI=1S/C12H15BrF3NO/c1-8(4-5-18)7-17-11-3-2-9(13)6-10(11)12(14,15)16/h2-3,6,8,17-18H,4-5,7H2,1H3. The molecular weight excluding hydrogens is 311 g/mol. The normalized spacial score (nSPS) is 13.4. The molecule has 0 bridgehead atoms. The van der Waals surface area contributed by atoms with Crippen molar-refractivity contribution in [2.45, 2.75) is 19.5 Å². The predicted octanol–water partition coefficient (Wildman–Crippen LogP) is 3.90. The lowest BCUT2D eigenvalue weighted by Crippen LogP contribution is -2.16. The zero-order valence-corrected chi connectivity index (χ0v) is 11.5. The summed E-state index contributed by atoms with van der Waals surface area (Å²) in [6, 6.07) is 4.02. The van der Waals surface area contributed by atoms with Gasteiger partial charge in [-0.3, -0.25) is 0 Å². The molecule has 0 aliphatic carbocycles. The van der Waals surface area contributed by atoms with Crippen LogP contribution in [0.5, 0.6) is 0 Å². The van der Waals surface area contributed by atoms with Gasteiger partial charge in [0, 0.05) is 23.3 Å². The Hall–Kier alpha value is -0.750. The molecule has 2 N–H and O–H groups in total. The predicted molar refractivity (Wildman–Crippen MR) is 68.5 cm³/mol. The number of anilines is 1. The van der Waals surface area contributed by atoms with Gasteiger partial charge in [-0.2, -0.15) is 13.2 Å². The maximum absolute atomic E-state index is 12.8. The van der Waals surface area contributed by atoms with Gasteiger partial charge >= 0.3 is 6.18 Å². The van der Waals surface area contributed by atoms with Gasteiger partial charge in [0.15, 0.2) is 0 Å². The molecule has 0 amide bonds.